The summed E-state index contributed by atoms with van der Waals surface area (Å²) in [6.45, 7) is 0.604. The van der Waals surface area contributed by atoms with Crippen LogP contribution in [-0.4, -0.2) is 34.4 Å². The lowest BCUT2D eigenvalue weighted by Gasteiger charge is -2.44. The van der Waals surface area contributed by atoms with Crippen LogP contribution >= 0.6 is 0 Å². The Bertz CT molecular complexity index is 613. The number of nitrogens with two attached hydrogens (primary N) is 1. The van der Waals surface area contributed by atoms with Crippen LogP contribution < -0.4 is 5.73 Å². The highest BCUT2D eigenvalue weighted by Crippen LogP contribution is 2.43. The molecule has 2 aliphatic heterocycles. The summed E-state index contributed by atoms with van der Waals surface area (Å²) in [5.74, 6) is -0.541. The van der Waals surface area contributed by atoms with Crippen molar-refractivity contribution in [2.45, 2.75) is 50.7 Å². The van der Waals surface area contributed by atoms with E-state index in [0.29, 0.717) is 29.8 Å². The largest absolute Gasteiger partial charge is 0.366 e. The highest BCUT2D eigenvalue weighted by molar-refractivity contribution is 5.93. The number of quaternary nitrogens is 1. The fraction of sp³-hybridized carbons (Fsp3) is 0.562. The summed E-state index contributed by atoms with van der Waals surface area (Å²) in [7, 11) is 2.21. The monoisotopic (exact) mass is 304 g/mol. The zero-order chi connectivity index (χ0) is 15.9. The molecule has 0 aliphatic carbocycles. The quantitative estimate of drug-likeness (QED) is 0.526. The third-order valence-electron chi connectivity index (χ3n) is 5.65. The van der Waals surface area contributed by atoms with Gasteiger partial charge in [0.15, 0.2) is 0 Å². The van der Waals surface area contributed by atoms with Crippen LogP contribution in [-0.2, 0) is 6.54 Å². The van der Waals surface area contributed by atoms with Crippen LogP contribution in [0.4, 0.5) is 5.69 Å². The molecule has 0 radical (unpaired) electrons. The number of carbonyl (C=O) groups excluding carboxylic acids is 1. The van der Waals surface area contributed by atoms with Crippen molar-refractivity contribution >= 4 is 11.6 Å². The molecule has 0 saturated carbocycles. The van der Waals surface area contributed by atoms with Crippen molar-refractivity contribution in [3.63, 3.8) is 0 Å². The van der Waals surface area contributed by atoms with Gasteiger partial charge in [0.1, 0.15) is 6.54 Å². The molecule has 2 atom stereocenters. The van der Waals surface area contributed by atoms with Gasteiger partial charge in [-0.2, -0.15) is 0 Å². The van der Waals surface area contributed by atoms with Crippen molar-refractivity contribution < 1.29 is 14.2 Å². The number of nitrogens with zero attached hydrogens (tertiary/aromatic N) is 2. The van der Waals surface area contributed by atoms with Crippen molar-refractivity contribution in [3.8, 4) is 0 Å². The molecular formula is C16H22N3O3+. The minimum atomic E-state index is -0.541. The molecule has 0 aromatic heterocycles. The predicted molar refractivity (Wildman–Crippen MR) is 82.2 cm³/mol. The standard InChI is InChI=1S/C16H21N3O3/c1-19(13-3-2-4-14(19)7-6-13)10-12-9-11(16(17)20)5-8-15(12)18(21)22/h5,8-9,13-14H,2-4,6-7,10H2,1H3,(H-,17,20)/p+1. The van der Waals surface area contributed by atoms with Gasteiger partial charge in [0.05, 0.1) is 29.6 Å². The third-order valence-corrected chi connectivity index (χ3v) is 5.65. The summed E-state index contributed by atoms with van der Waals surface area (Å²) in [4.78, 5) is 22.3. The third kappa shape index (κ3) is 2.37. The van der Waals surface area contributed by atoms with E-state index in [4.69, 9.17) is 5.73 Å². The van der Waals surface area contributed by atoms with E-state index >= 15 is 0 Å². The number of benzene rings is 1. The number of piperidine rings is 1. The molecule has 3 rings (SSSR count). The Hall–Kier alpha value is -1.95. The molecular weight excluding hydrogens is 282 g/mol. The van der Waals surface area contributed by atoms with E-state index in [9.17, 15) is 14.9 Å². The molecule has 6 heteroatoms. The molecule has 2 bridgehead atoms. The molecule has 1 amide bonds. The van der Waals surface area contributed by atoms with Gasteiger partial charge in [-0.15, -0.1) is 0 Å². The molecule has 2 heterocycles. The first-order chi connectivity index (χ1) is 10.4. The Morgan fingerprint density at radius 2 is 1.95 bits per heavy atom. The highest BCUT2D eigenvalue weighted by Gasteiger charge is 2.49. The second kappa shape index (κ2) is 5.35. The zero-order valence-corrected chi connectivity index (χ0v) is 12.8. The van der Waals surface area contributed by atoms with Crippen molar-refractivity contribution in [1.82, 2.24) is 0 Å². The van der Waals surface area contributed by atoms with Gasteiger partial charge in [-0.05, 0) is 31.4 Å². The van der Waals surface area contributed by atoms with Gasteiger partial charge in [0, 0.05) is 24.5 Å². The smallest absolute Gasteiger partial charge is 0.278 e. The van der Waals surface area contributed by atoms with E-state index in [0.717, 1.165) is 4.48 Å². The molecule has 2 aliphatic rings. The second-order valence-electron chi connectivity index (χ2n) is 6.79. The summed E-state index contributed by atoms with van der Waals surface area (Å²) in [5, 5.41) is 11.3. The number of rotatable bonds is 4. The van der Waals surface area contributed by atoms with Crippen LogP contribution in [0.1, 0.15) is 48.0 Å². The summed E-state index contributed by atoms with van der Waals surface area (Å²) in [6, 6.07) is 5.62. The zero-order valence-electron chi connectivity index (χ0n) is 12.8. The topological polar surface area (TPSA) is 86.2 Å². The van der Waals surface area contributed by atoms with Crippen LogP contribution in [0.25, 0.3) is 0 Å². The van der Waals surface area contributed by atoms with Crippen molar-refractivity contribution in [1.29, 1.82) is 0 Å². The number of fused-ring (bicyclic) bond motifs is 2. The predicted octanol–water partition coefficient (Wildman–Crippen LogP) is 2.36. The van der Waals surface area contributed by atoms with E-state index < -0.39 is 5.91 Å². The summed E-state index contributed by atoms with van der Waals surface area (Å²) < 4.78 is 0.864. The molecule has 1 aromatic carbocycles. The van der Waals surface area contributed by atoms with Gasteiger partial charge in [0.2, 0.25) is 5.91 Å². The second-order valence-corrected chi connectivity index (χ2v) is 6.79. The van der Waals surface area contributed by atoms with Crippen molar-refractivity contribution in [2.75, 3.05) is 7.05 Å². The van der Waals surface area contributed by atoms with E-state index in [1.807, 2.05) is 0 Å². The first-order valence-corrected chi connectivity index (χ1v) is 7.84. The maximum atomic E-state index is 11.4. The van der Waals surface area contributed by atoms with Crippen LogP contribution in [0.2, 0.25) is 0 Å². The number of hydrogen-bond acceptors (Lipinski definition) is 3. The summed E-state index contributed by atoms with van der Waals surface area (Å²) in [6.07, 6.45) is 6.04. The average molecular weight is 304 g/mol. The van der Waals surface area contributed by atoms with Gasteiger partial charge < -0.3 is 10.2 Å². The van der Waals surface area contributed by atoms with Crippen molar-refractivity contribution in [2.24, 2.45) is 5.73 Å². The lowest BCUT2D eigenvalue weighted by Crippen LogP contribution is -2.55. The molecule has 6 nitrogen and oxygen atoms in total. The molecule has 2 saturated heterocycles. The van der Waals surface area contributed by atoms with Gasteiger partial charge in [-0.3, -0.25) is 14.9 Å². The Balaban J connectivity index is 1.98. The number of nitro groups is 1. The normalized spacial score (nSPS) is 30.2. The Morgan fingerprint density at radius 3 is 2.50 bits per heavy atom. The van der Waals surface area contributed by atoms with Gasteiger partial charge >= 0.3 is 0 Å². The summed E-state index contributed by atoms with van der Waals surface area (Å²) in [5.41, 5.74) is 6.39. The lowest BCUT2D eigenvalue weighted by atomic mass is 9.97. The van der Waals surface area contributed by atoms with E-state index in [1.54, 1.807) is 6.07 Å². The maximum absolute atomic E-state index is 11.4. The molecule has 0 spiro atoms. The first kappa shape index (κ1) is 15.0. The molecule has 2 fully saturated rings. The minimum absolute atomic E-state index is 0.0920. The Labute approximate surface area is 129 Å². The van der Waals surface area contributed by atoms with E-state index in [2.05, 4.69) is 7.05 Å². The highest BCUT2D eigenvalue weighted by atomic mass is 16.6. The number of amides is 1. The average Bonchev–Trinajstić information content (AvgIpc) is 2.67. The number of nitro benzene ring substituents is 1. The summed E-state index contributed by atoms with van der Waals surface area (Å²) >= 11 is 0. The van der Waals surface area contributed by atoms with Crippen molar-refractivity contribution in [3.05, 3.63) is 39.4 Å². The molecule has 118 valence electrons. The minimum Gasteiger partial charge on any atom is -0.366 e. The van der Waals surface area contributed by atoms with Gasteiger partial charge in [0.25, 0.3) is 5.69 Å². The van der Waals surface area contributed by atoms with Crippen LogP contribution in [0.5, 0.6) is 0 Å². The van der Waals surface area contributed by atoms with Gasteiger partial charge in [-0.25, -0.2) is 0 Å². The molecule has 1 aromatic rings. The first-order valence-electron chi connectivity index (χ1n) is 7.84. The van der Waals surface area contributed by atoms with Crippen LogP contribution in [0, 0.1) is 10.1 Å². The Kier molecular flexibility index (Phi) is 3.64. The SMILES string of the molecule is C[N+]1(Cc2cc(C(N)=O)ccc2[N+](=O)[O-])C2CCCC1CC2. The number of hydrogen-bond donors (Lipinski definition) is 1. The van der Waals surface area contributed by atoms with Crippen LogP contribution in [0.15, 0.2) is 18.2 Å². The lowest BCUT2D eigenvalue weighted by molar-refractivity contribution is -0.960. The van der Waals surface area contributed by atoms with Gasteiger partial charge in [-0.1, -0.05) is 0 Å². The fourth-order valence-electron chi connectivity index (χ4n) is 4.41. The van der Waals surface area contributed by atoms with Crippen LogP contribution in [0.3, 0.4) is 0 Å². The maximum Gasteiger partial charge on any atom is 0.278 e. The fourth-order valence-corrected chi connectivity index (χ4v) is 4.41. The Morgan fingerprint density at radius 1 is 1.32 bits per heavy atom. The van der Waals surface area contributed by atoms with E-state index in [-0.39, 0.29) is 10.6 Å². The molecule has 22 heavy (non-hydrogen) atoms. The number of carbonyl (C=O) groups is 1. The van der Waals surface area contributed by atoms with E-state index in [1.165, 1.54) is 44.2 Å². The number of primary amides is 1. The molecule has 2 unspecified atom stereocenters. The molecule has 2 N–H and O–H groups in total.